The highest BCUT2D eigenvalue weighted by atomic mass is 32.2. The van der Waals surface area contributed by atoms with Crippen LogP contribution in [-0.2, 0) is 4.74 Å². The van der Waals surface area contributed by atoms with Crippen molar-refractivity contribution in [2.24, 2.45) is 0 Å². The van der Waals surface area contributed by atoms with E-state index in [1.807, 2.05) is 18.8 Å². The minimum atomic E-state index is 0.838. The van der Waals surface area contributed by atoms with Gasteiger partial charge in [-0.15, -0.1) is 0 Å². The molecule has 0 spiro atoms. The van der Waals surface area contributed by atoms with Crippen LogP contribution in [0.2, 0.25) is 0 Å². The molecule has 0 unspecified atom stereocenters. The highest BCUT2D eigenvalue weighted by molar-refractivity contribution is 7.98. The van der Waals surface area contributed by atoms with E-state index in [9.17, 15) is 0 Å². The van der Waals surface area contributed by atoms with Crippen molar-refractivity contribution in [1.29, 1.82) is 0 Å². The predicted octanol–water partition coefficient (Wildman–Crippen LogP) is 0.975. The molecule has 0 radical (unpaired) electrons. The Balaban J connectivity index is 2.65. The lowest BCUT2D eigenvalue weighted by atomic mass is 10.5. The van der Waals surface area contributed by atoms with Crippen LogP contribution in [0.15, 0.2) is 0 Å². The molecule has 0 aliphatic carbocycles. The Morgan fingerprint density at radius 2 is 2.20 bits per heavy atom. The minimum absolute atomic E-state index is 0.838. The molecule has 0 bridgehead atoms. The fourth-order valence-corrected chi connectivity index (χ4v) is 0.988. The maximum absolute atomic E-state index is 5.30. The number of nitrogens with one attached hydrogen (secondary N) is 1. The second kappa shape index (κ2) is 9.27. The van der Waals surface area contributed by atoms with Crippen molar-refractivity contribution in [3.05, 3.63) is 0 Å². The van der Waals surface area contributed by atoms with Crippen molar-refractivity contribution in [3.8, 4) is 0 Å². The molecule has 2 nitrogen and oxygen atoms in total. The number of thioether (sulfide) groups is 1. The predicted molar refractivity (Wildman–Crippen MR) is 47.7 cm³/mol. The Morgan fingerprint density at radius 3 is 2.80 bits per heavy atom. The molecule has 0 amide bonds. The fourth-order valence-electron chi connectivity index (χ4n) is 0.582. The van der Waals surface area contributed by atoms with Crippen molar-refractivity contribution in [2.45, 2.75) is 6.42 Å². The van der Waals surface area contributed by atoms with E-state index in [1.165, 1.54) is 12.2 Å². The first-order chi connectivity index (χ1) is 4.91. The molecule has 0 rings (SSSR count). The van der Waals surface area contributed by atoms with Crippen molar-refractivity contribution in [3.63, 3.8) is 0 Å². The van der Waals surface area contributed by atoms with Gasteiger partial charge in [0.15, 0.2) is 0 Å². The van der Waals surface area contributed by atoms with Crippen molar-refractivity contribution < 1.29 is 4.74 Å². The Morgan fingerprint density at radius 1 is 1.40 bits per heavy atom. The molecule has 1 N–H and O–H groups in total. The van der Waals surface area contributed by atoms with Gasteiger partial charge in [-0.05, 0) is 25.5 Å². The smallest absolute Gasteiger partial charge is 0.0590 e. The summed E-state index contributed by atoms with van der Waals surface area (Å²) in [5.41, 5.74) is 0. The van der Waals surface area contributed by atoms with Crippen LogP contribution in [-0.4, -0.2) is 38.8 Å². The lowest BCUT2D eigenvalue weighted by Gasteiger charge is -2.01. The van der Waals surface area contributed by atoms with Gasteiger partial charge in [0.25, 0.3) is 0 Å². The zero-order valence-corrected chi connectivity index (χ0v) is 7.67. The van der Waals surface area contributed by atoms with Gasteiger partial charge in [-0.1, -0.05) is 0 Å². The van der Waals surface area contributed by atoms with Gasteiger partial charge in [0.2, 0.25) is 0 Å². The monoisotopic (exact) mass is 163 g/mol. The first-order valence-corrected chi connectivity index (χ1v) is 5.02. The number of ether oxygens (including phenoxy) is 1. The minimum Gasteiger partial charge on any atom is -0.380 e. The number of hydrogen-bond acceptors (Lipinski definition) is 3. The van der Waals surface area contributed by atoms with Gasteiger partial charge in [0.1, 0.15) is 0 Å². The average Bonchev–Trinajstić information content (AvgIpc) is 1.97. The van der Waals surface area contributed by atoms with E-state index >= 15 is 0 Å². The zero-order valence-electron chi connectivity index (χ0n) is 6.85. The summed E-state index contributed by atoms with van der Waals surface area (Å²) >= 11 is 1.87. The van der Waals surface area contributed by atoms with E-state index < -0.39 is 0 Å². The molecule has 0 saturated carbocycles. The maximum Gasteiger partial charge on any atom is 0.0590 e. The van der Waals surface area contributed by atoms with E-state index in [-0.39, 0.29) is 0 Å². The van der Waals surface area contributed by atoms with Crippen LogP contribution < -0.4 is 5.32 Å². The van der Waals surface area contributed by atoms with Gasteiger partial charge in [-0.25, -0.2) is 0 Å². The molecule has 0 aliphatic heterocycles. The quantitative estimate of drug-likeness (QED) is 0.565. The summed E-state index contributed by atoms with van der Waals surface area (Å²) in [5.74, 6) is 1.21. The average molecular weight is 163 g/mol. The van der Waals surface area contributed by atoms with Crippen LogP contribution in [0.25, 0.3) is 0 Å². The molecule has 0 aliphatic rings. The molecule has 0 atom stereocenters. The molecule has 0 aromatic carbocycles. The topological polar surface area (TPSA) is 21.3 Å². The fraction of sp³-hybridized carbons (Fsp3) is 1.00. The van der Waals surface area contributed by atoms with E-state index in [0.717, 1.165) is 19.8 Å². The van der Waals surface area contributed by atoms with Gasteiger partial charge < -0.3 is 10.1 Å². The first-order valence-electron chi connectivity index (χ1n) is 3.63. The molecular weight excluding hydrogens is 146 g/mol. The van der Waals surface area contributed by atoms with Crippen molar-refractivity contribution >= 4 is 11.8 Å². The van der Waals surface area contributed by atoms with Crippen molar-refractivity contribution in [2.75, 3.05) is 38.8 Å². The summed E-state index contributed by atoms with van der Waals surface area (Å²) in [6, 6.07) is 0. The largest absolute Gasteiger partial charge is 0.380 e. The second-order valence-corrected chi connectivity index (χ2v) is 3.05. The molecule has 0 aromatic rings. The van der Waals surface area contributed by atoms with E-state index in [4.69, 9.17) is 4.74 Å². The summed E-state index contributed by atoms with van der Waals surface area (Å²) in [4.78, 5) is 0. The number of hydrogen-bond donors (Lipinski definition) is 1. The lowest BCUT2D eigenvalue weighted by Crippen LogP contribution is -2.14. The van der Waals surface area contributed by atoms with Gasteiger partial charge in [-0.2, -0.15) is 11.8 Å². The van der Waals surface area contributed by atoms with E-state index in [1.54, 1.807) is 0 Å². The molecule has 0 fully saturated rings. The van der Waals surface area contributed by atoms with Crippen LogP contribution in [0.1, 0.15) is 6.42 Å². The van der Waals surface area contributed by atoms with E-state index in [2.05, 4.69) is 11.6 Å². The van der Waals surface area contributed by atoms with Gasteiger partial charge in [0, 0.05) is 13.2 Å². The third-order valence-electron chi connectivity index (χ3n) is 1.13. The zero-order chi connectivity index (χ0) is 7.66. The molecule has 0 saturated heterocycles. The SMILES string of the molecule is CNCCOCCCSC. The number of rotatable bonds is 7. The van der Waals surface area contributed by atoms with Crippen LogP contribution in [0.5, 0.6) is 0 Å². The highest BCUT2D eigenvalue weighted by Gasteiger charge is 1.86. The lowest BCUT2D eigenvalue weighted by molar-refractivity contribution is 0.138. The third-order valence-corrected chi connectivity index (χ3v) is 1.83. The Hall–Kier alpha value is 0.270. The third kappa shape index (κ3) is 8.27. The Bertz CT molecular complexity index is 53.6. The van der Waals surface area contributed by atoms with Gasteiger partial charge >= 0.3 is 0 Å². The first kappa shape index (κ1) is 10.3. The summed E-state index contributed by atoms with van der Waals surface area (Å²) in [6.45, 7) is 2.70. The van der Waals surface area contributed by atoms with Crippen LogP contribution in [0, 0.1) is 0 Å². The maximum atomic E-state index is 5.30. The van der Waals surface area contributed by atoms with Gasteiger partial charge in [0.05, 0.1) is 6.61 Å². The number of likely N-dealkylation sites (N-methyl/N-ethyl adjacent to an activating group) is 1. The molecule has 62 valence electrons. The molecule has 0 heterocycles. The van der Waals surface area contributed by atoms with E-state index in [0.29, 0.717) is 0 Å². The van der Waals surface area contributed by atoms with Crippen LogP contribution in [0.3, 0.4) is 0 Å². The molecule has 10 heavy (non-hydrogen) atoms. The summed E-state index contributed by atoms with van der Waals surface area (Å²) in [6.07, 6.45) is 3.29. The van der Waals surface area contributed by atoms with Crippen LogP contribution in [0.4, 0.5) is 0 Å². The molecule has 3 heteroatoms. The molecular formula is C7H17NOS. The summed E-state index contributed by atoms with van der Waals surface area (Å²) in [7, 11) is 1.94. The van der Waals surface area contributed by atoms with Gasteiger partial charge in [-0.3, -0.25) is 0 Å². The Labute approximate surface area is 67.7 Å². The van der Waals surface area contributed by atoms with Crippen LogP contribution >= 0.6 is 11.8 Å². The standard InChI is InChI=1S/C7H17NOS/c1-8-4-6-9-5-3-7-10-2/h8H,3-7H2,1-2H3. The summed E-state index contributed by atoms with van der Waals surface area (Å²) < 4.78 is 5.30. The summed E-state index contributed by atoms with van der Waals surface area (Å²) in [5, 5.41) is 3.03. The highest BCUT2D eigenvalue weighted by Crippen LogP contribution is 1.94. The molecule has 0 aromatic heterocycles. The second-order valence-electron chi connectivity index (χ2n) is 2.06. The Kier molecular flexibility index (Phi) is 9.52. The van der Waals surface area contributed by atoms with Crippen molar-refractivity contribution in [1.82, 2.24) is 5.32 Å². The normalized spacial score (nSPS) is 10.2.